The molecule has 98 valence electrons. The van der Waals surface area contributed by atoms with Crippen LogP contribution in [0.15, 0.2) is 29.6 Å². The number of nitrogen functional groups attached to an aromatic ring is 1. The highest BCUT2D eigenvalue weighted by atomic mass is 32.1. The molecule has 0 bridgehead atoms. The fourth-order valence-corrected chi connectivity index (χ4v) is 2.27. The molecular formula is C12H13N5OS. The van der Waals surface area contributed by atoms with Crippen molar-refractivity contribution in [2.75, 3.05) is 5.73 Å². The van der Waals surface area contributed by atoms with E-state index in [2.05, 4.69) is 20.5 Å². The molecule has 6 nitrogen and oxygen atoms in total. The van der Waals surface area contributed by atoms with Gasteiger partial charge in [-0.05, 0) is 12.5 Å². The normalized spacial score (nSPS) is 10.8. The molecule has 0 unspecified atom stereocenters. The molecule has 0 fully saturated rings. The van der Waals surface area contributed by atoms with Crippen LogP contribution in [0.25, 0.3) is 0 Å². The minimum absolute atomic E-state index is 0.300. The number of hydrazone groups is 1. The van der Waals surface area contributed by atoms with Gasteiger partial charge >= 0.3 is 0 Å². The maximum Gasteiger partial charge on any atom is 0.283 e. The van der Waals surface area contributed by atoms with Crippen molar-refractivity contribution in [3.63, 3.8) is 0 Å². The van der Waals surface area contributed by atoms with E-state index in [1.807, 2.05) is 13.0 Å². The summed E-state index contributed by atoms with van der Waals surface area (Å²) in [7, 11) is 0. The number of nitrogens with one attached hydrogen (secondary N) is 1. The summed E-state index contributed by atoms with van der Waals surface area (Å²) in [5.41, 5.74) is 9.55. The third kappa shape index (κ3) is 3.35. The molecule has 0 aromatic carbocycles. The van der Waals surface area contributed by atoms with Crippen LogP contribution in [0, 0.1) is 0 Å². The highest BCUT2D eigenvalue weighted by Crippen LogP contribution is 2.20. The number of hydrogen-bond acceptors (Lipinski definition) is 6. The second kappa shape index (κ2) is 6.05. The molecule has 0 saturated carbocycles. The number of rotatable bonds is 4. The Morgan fingerprint density at radius 1 is 1.63 bits per heavy atom. The zero-order valence-electron chi connectivity index (χ0n) is 10.3. The summed E-state index contributed by atoms with van der Waals surface area (Å²) in [5.74, 6) is -0.300. The lowest BCUT2D eigenvalue weighted by molar-refractivity contribution is 0.0958. The van der Waals surface area contributed by atoms with E-state index < -0.39 is 0 Å². The lowest BCUT2D eigenvalue weighted by Gasteiger charge is -1.98. The van der Waals surface area contributed by atoms with Crippen molar-refractivity contribution in [3.05, 3.63) is 40.7 Å². The first kappa shape index (κ1) is 13.2. The maximum atomic E-state index is 11.9. The zero-order chi connectivity index (χ0) is 13.7. The molecular weight excluding hydrogens is 262 g/mol. The summed E-state index contributed by atoms with van der Waals surface area (Å²) < 4.78 is 0. The molecule has 0 aliphatic rings. The number of nitrogens with two attached hydrogens (primary N) is 1. The van der Waals surface area contributed by atoms with Gasteiger partial charge in [0.15, 0.2) is 5.13 Å². The first-order chi connectivity index (χ1) is 9.20. The van der Waals surface area contributed by atoms with E-state index in [1.54, 1.807) is 18.5 Å². The first-order valence-corrected chi connectivity index (χ1v) is 6.51. The zero-order valence-corrected chi connectivity index (χ0v) is 11.1. The van der Waals surface area contributed by atoms with Gasteiger partial charge in [-0.1, -0.05) is 24.3 Å². The van der Waals surface area contributed by atoms with E-state index in [4.69, 9.17) is 5.73 Å². The predicted octanol–water partition coefficient (Wildman–Crippen LogP) is 1.45. The van der Waals surface area contributed by atoms with Crippen LogP contribution in [0.2, 0.25) is 0 Å². The van der Waals surface area contributed by atoms with Gasteiger partial charge in [0.05, 0.1) is 11.9 Å². The van der Waals surface area contributed by atoms with E-state index >= 15 is 0 Å². The monoisotopic (exact) mass is 275 g/mol. The van der Waals surface area contributed by atoms with Gasteiger partial charge in [0.2, 0.25) is 0 Å². The lowest BCUT2D eigenvalue weighted by Crippen LogP contribution is -2.17. The van der Waals surface area contributed by atoms with Crippen LogP contribution in [0.5, 0.6) is 0 Å². The van der Waals surface area contributed by atoms with Crippen molar-refractivity contribution < 1.29 is 4.79 Å². The lowest BCUT2D eigenvalue weighted by atomic mass is 10.3. The van der Waals surface area contributed by atoms with Crippen molar-refractivity contribution in [1.82, 2.24) is 15.4 Å². The van der Waals surface area contributed by atoms with Crippen LogP contribution < -0.4 is 11.2 Å². The summed E-state index contributed by atoms with van der Waals surface area (Å²) in [6, 6.07) is 3.63. The highest BCUT2D eigenvalue weighted by molar-refractivity contribution is 7.17. The molecule has 2 rings (SSSR count). The van der Waals surface area contributed by atoms with Crippen LogP contribution in [-0.2, 0) is 6.42 Å². The van der Waals surface area contributed by atoms with E-state index in [1.165, 1.54) is 6.21 Å². The number of nitrogens with zero attached hydrogens (tertiary/aromatic N) is 3. The Balaban J connectivity index is 2.03. The number of pyridine rings is 1. The molecule has 0 atom stereocenters. The number of amides is 1. The molecule has 3 N–H and O–H groups in total. The number of hydrogen-bond donors (Lipinski definition) is 2. The smallest absolute Gasteiger partial charge is 0.283 e. The number of aromatic nitrogens is 2. The molecule has 0 aliphatic heterocycles. The number of aryl methyl sites for hydroxylation is 1. The van der Waals surface area contributed by atoms with Crippen molar-refractivity contribution in [2.24, 2.45) is 5.10 Å². The van der Waals surface area contributed by atoms with Crippen LogP contribution in [0.1, 0.15) is 27.9 Å². The Hall–Kier alpha value is -2.28. The molecule has 2 aromatic heterocycles. The van der Waals surface area contributed by atoms with Gasteiger partial charge in [-0.15, -0.1) is 0 Å². The summed E-state index contributed by atoms with van der Waals surface area (Å²) in [5, 5.41) is 4.26. The fourth-order valence-electron chi connectivity index (χ4n) is 1.46. The van der Waals surface area contributed by atoms with Crippen molar-refractivity contribution in [2.45, 2.75) is 13.3 Å². The Bertz CT molecular complexity index is 593. The topological polar surface area (TPSA) is 93.3 Å². The van der Waals surface area contributed by atoms with Gasteiger partial charge in [-0.2, -0.15) is 5.10 Å². The maximum absolute atomic E-state index is 11.9. The summed E-state index contributed by atoms with van der Waals surface area (Å²) in [6.07, 6.45) is 5.51. The quantitative estimate of drug-likeness (QED) is 0.652. The molecule has 19 heavy (non-hydrogen) atoms. The minimum atomic E-state index is -0.300. The van der Waals surface area contributed by atoms with Gasteiger partial charge in [0, 0.05) is 18.0 Å². The van der Waals surface area contributed by atoms with Crippen LogP contribution in [0.3, 0.4) is 0 Å². The summed E-state index contributed by atoms with van der Waals surface area (Å²) in [4.78, 5) is 20.4. The summed E-state index contributed by atoms with van der Waals surface area (Å²) in [6.45, 7) is 1.92. The molecule has 2 aromatic rings. The van der Waals surface area contributed by atoms with E-state index in [-0.39, 0.29) is 5.91 Å². The fraction of sp³-hybridized carbons (Fsp3) is 0.167. The number of thiazole rings is 1. The average molecular weight is 275 g/mol. The number of carbonyl (C=O) groups excluding carboxylic acids is 1. The van der Waals surface area contributed by atoms with E-state index in [0.717, 1.165) is 16.9 Å². The molecule has 0 spiro atoms. The standard InChI is InChI=1S/C12H13N5OS/c1-2-9-10(19-12(13)16-9)11(18)17-15-7-8-4-3-5-14-6-8/h3-7H,2H2,1H3,(H2,13,16)(H,17,18)/b15-7-. The molecule has 2 heterocycles. The largest absolute Gasteiger partial charge is 0.375 e. The predicted molar refractivity (Wildman–Crippen MR) is 75.2 cm³/mol. The van der Waals surface area contributed by atoms with E-state index in [9.17, 15) is 4.79 Å². The third-order valence-corrected chi connectivity index (χ3v) is 3.24. The van der Waals surface area contributed by atoms with Gasteiger partial charge in [-0.25, -0.2) is 10.4 Å². The van der Waals surface area contributed by atoms with Gasteiger partial charge in [0.25, 0.3) is 5.91 Å². The van der Waals surface area contributed by atoms with Crippen LogP contribution >= 0.6 is 11.3 Å². The Morgan fingerprint density at radius 2 is 2.47 bits per heavy atom. The van der Waals surface area contributed by atoms with E-state index in [0.29, 0.717) is 22.1 Å². The Kier molecular flexibility index (Phi) is 4.19. The van der Waals surface area contributed by atoms with Crippen LogP contribution in [0.4, 0.5) is 5.13 Å². The number of anilines is 1. The highest BCUT2D eigenvalue weighted by Gasteiger charge is 2.15. The average Bonchev–Trinajstić information content (AvgIpc) is 2.81. The minimum Gasteiger partial charge on any atom is -0.375 e. The third-order valence-electron chi connectivity index (χ3n) is 2.32. The summed E-state index contributed by atoms with van der Waals surface area (Å²) >= 11 is 1.16. The van der Waals surface area contributed by atoms with Crippen molar-refractivity contribution in [1.29, 1.82) is 0 Å². The molecule has 1 amide bonds. The second-order valence-electron chi connectivity index (χ2n) is 3.67. The Labute approximate surface area is 114 Å². The molecule has 0 aliphatic carbocycles. The van der Waals surface area contributed by atoms with Gasteiger partial charge in [0.1, 0.15) is 4.88 Å². The van der Waals surface area contributed by atoms with Crippen molar-refractivity contribution >= 4 is 28.6 Å². The Morgan fingerprint density at radius 3 is 3.16 bits per heavy atom. The molecule has 7 heteroatoms. The SMILES string of the molecule is CCc1nc(N)sc1C(=O)N/N=C\c1cccnc1. The van der Waals surface area contributed by atoms with Gasteiger partial charge < -0.3 is 5.73 Å². The molecule has 0 radical (unpaired) electrons. The molecule has 0 saturated heterocycles. The van der Waals surface area contributed by atoms with Crippen LogP contribution in [-0.4, -0.2) is 22.1 Å². The number of carbonyl (C=O) groups is 1. The van der Waals surface area contributed by atoms with Crippen molar-refractivity contribution in [3.8, 4) is 0 Å². The first-order valence-electron chi connectivity index (χ1n) is 5.69. The van der Waals surface area contributed by atoms with Gasteiger partial charge in [-0.3, -0.25) is 9.78 Å². The second-order valence-corrected chi connectivity index (χ2v) is 4.70.